The summed E-state index contributed by atoms with van der Waals surface area (Å²) in [6.07, 6.45) is 1.74. The van der Waals surface area contributed by atoms with Gasteiger partial charge < -0.3 is 14.2 Å². The highest BCUT2D eigenvalue weighted by Crippen LogP contribution is 2.34. The van der Waals surface area contributed by atoms with E-state index < -0.39 is 11.9 Å². The first-order chi connectivity index (χ1) is 15.3. The van der Waals surface area contributed by atoms with Crippen LogP contribution in [0.15, 0.2) is 56.8 Å². The second-order valence-corrected chi connectivity index (χ2v) is 8.33. The molecule has 0 aliphatic carbocycles. The maximum atomic E-state index is 12.7. The van der Waals surface area contributed by atoms with Gasteiger partial charge in [-0.1, -0.05) is 12.1 Å². The Balaban J connectivity index is 1.80. The number of amides is 1. The molecular formula is C22H19BrN2O6S. The Labute approximate surface area is 197 Å². The molecule has 1 fully saturated rings. The highest BCUT2D eigenvalue weighted by molar-refractivity contribution is 9.10. The Hall–Kier alpha value is -3.11. The number of methoxy groups -OCH3 is 2. The number of halogens is 1. The van der Waals surface area contributed by atoms with E-state index in [4.69, 9.17) is 9.47 Å². The van der Waals surface area contributed by atoms with E-state index in [2.05, 4.69) is 25.7 Å². The summed E-state index contributed by atoms with van der Waals surface area (Å²) in [6.45, 7) is -0.203. The molecule has 0 unspecified atom stereocenters. The van der Waals surface area contributed by atoms with Crippen LogP contribution in [0.3, 0.4) is 0 Å². The lowest BCUT2D eigenvalue weighted by molar-refractivity contribution is -0.142. The van der Waals surface area contributed by atoms with Crippen molar-refractivity contribution in [1.29, 1.82) is 0 Å². The monoisotopic (exact) mass is 518 g/mol. The number of ether oxygens (including phenoxy) is 3. The fourth-order valence-electron chi connectivity index (χ4n) is 2.65. The number of thioether (sulfide) groups is 1. The van der Waals surface area contributed by atoms with E-state index in [1.165, 1.54) is 30.9 Å². The molecule has 32 heavy (non-hydrogen) atoms. The van der Waals surface area contributed by atoms with E-state index in [1.54, 1.807) is 55.6 Å². The van der Waals surface area contributed by atoms with Crippen molar-refractivity contribution < 1.29 is 28.6 Å². The third-order valence-corrected chi connectivity index (χ3v) is 6.00. The summed E-state index contributed by atoms with van der Waals surface area (Å²) < 4.78 is 15.3. The van der Waals surface area contributed by atoms with Crippen LogP contribution in [0.1, 0.15) is 15.9 Å². The first kappa shape index (κ1) is 23.6. The molecule has 1 amide bonds. The van der Waals surface area contributed by atoms with Crippen molar-refractivity contribution in [3.05, 3.63) is 63.0 Å². The van der Waals surface area contributed by atoms with Crippen molar-refractivity contribution in [3.8, 4) is 5.75 Å². The van der Waals surface area contributed by atoms with Crippen molar-refractivity contribution in [3.63, 3.8) is 0 Å². The minimum absolute atomic E-state index is 0.194. The molecule has 0 spiro atoms. The van der Waals surface area contributed by atoms with Gasteiger partial charge in [0.2, 0.25) is 0 Å². The number of hydrogen-bond acceptors (Lipinski definition) is 8. The fourth-order valence-corrected chi connectivity index (χ4v) is 4.15. The minimum atomic E-state index is -0.483. The number of aliphatic imine (C=N–C) groups is 1. The van der Waals surface area contributed by atoms with Crippen LogP contribution in [0.2, 0.25) is 0 Å². The molecule has 1 aliphatic heterocycles. The van der Waals surface area contributed by atoms with Crippen LogP contribution >= 0.6 is 27.7 Å². The predicted octanol–water partition coefficient (Wildman–Crippen LogP) is 4.02. The number of rotatable bonds is 6. The normalized spacial score (nSPS) is 15.9. The summed E-state index contributed by atoms with van der Waals surface area (Å²) in [5.41, 5.74) is 1.67. The first-order valence-corrected chi connectivity index (χ1v) is 10.9. The lowest BCUT2D eigenvalue weighted by Crippen LogP contribution is -2.23. The SMILES string of the molecule is COC(=O)COc1ccc(C=C2SC(=Nc3cccc(C(=O)OC)c3)N(C)C2=O)cc1Br. The van der Waals surface area contributed by atoms with Crippen LogP contribution in [0, 0.1) is 0 Å². The van der Waals surface area contributed by atoms with E-state index in [0.29, 0.717) is 31.5 Å². The number of hydrogen-bond donors (Lipinski definition) is 0. The van der Waals surface area contributed by atoms with E-state index in [1.807, 2.05) is 0 Å². The molecule has 0 radical (unpaired) electrons. The number of amidine groups is 1. The van der Waals surface area contributed by atoms with Gasteiger partial charge in [0, 0.05) is 7.05 Å². The standard InChI is InChI=1S/C22H19BrN2O6S/c1-25-20(27)18(10-13-7-8-17(16(23)9-13)31-12-19(26)29-2)32-22(25)24-15-6-4-5-14(11-15)21(28)30-3/h4-11H,12H2,1-3H3. The number of carbonyl (C=O) groups is 3. The molecule has 0 N–H and O–H groups in total. The third-order valence-electron chi connectivity index (χ3n) is 4.32. The largest absolute Gasteiger partial charge is 0.481 e. The molecule has 1 aliphatic rings. The lowest BCUT2D eigenvalue weighted by atomic mass is 10.2. The van der Waals surface area contributed by atoms with Crippen molar-refractivity contribution in [2.45, 2.75) is 0 Å². The number of nitrogens with zero attached hydrogens (tertiary/aromatic N) is 2. The van der Waals surface area contributed by atoms with Crippen LogP contribution < -0.4 is 4.74 Å². The molecule has 8 nitrogen and oxygen atoms in total. The molecule has 2 aromatic rings. The van der Waals surface area contributed by atoms with Gasteiger partial charge in [0.25, 0.3) is 5.91 Å². The molecule has 2 aromatic carbocycles. The molecule has 10 heteroatoms. The van der Waals surface area contributed by atoms with Crippen molar-refractivity contribution in [2.24, 2.45) is 4.99 Å². The van der Waals surface area contributed by atoms with Crippen LogP contribution in [0.25, 0.3) is 6.08 Å². The van der Waals surface area contributed by atoms with Gasteiger partial charge >= 0.3 is 11.9 Å². The van der Waals surface area contributed by atoms with E-state index in [-0.39, 0.29) is 12.5 Å². The predicted molar refractivity (Wildman–Crippen MR) is 125 cm³/mol. The molecule has 0 bridgehead atoms. The van der Waals surface area contributed by atoms with Gasteiger partial charge in [-0.25, -0.2) is 14.6 Å². The molecule has 0 aromatic heterocycles. The second-order valence-electron chi connectivity index (χ2n) is 6.47. The summed E-state index contributed by atoms with van der Waals surface area (Å²) >= 11 is 4.63. The number of benzene rings is 2. The van der Waals surface area contributed by atoms with Crippen molar-refractivity contribution in [2.75, 3.05) is 27.9 Å². The Morgan fingerprint density at radius 2 is 1.94 bits per heavy atom. The van der Waals surface area contributed by atoms with Gasteiger partial charge in [0.15, 0.2) is 11.8 Å². The lowest BCUT2D eigenvalue weighted by Gasteiger charge is -2.08. The Morgan fingerprint density at radius 1 is 1.16 bits per heavy atom. The zero-order valence-electron chi connectivity index (χ0n) is 17.5. The Morgan fingerprint density at radius 3 is 2.62 bits per heavy atom. The molecule has 1 heterocycles. The average Bonchev–Trinajstić information content (AvgIpc) is 3.05. The highest BCUT2D eigenvalue weighted by atomic mass is 79.9. The molecule has 0 atom stereocenters. The van der Waals surface area contributed by atoms with Crippen LogP contribution in [0.4, 0.5) is 5.69 Å². The second kappa shape index (κ2) is 10.5. The van der Waals surface area contributed by atoms with Crippen LogP contribution in [-0.2, 0) is 19.1 Å². The van der Waals surface area contributed by atoms with Gasteiger partial charge in [0.05, 0.1) is 34.8 Å². The number of likely N-dealkylation sites (N-methyl/N-ethyl adjacent to an activating group) is 1. The zero-order chi connectivity index (χ0) is 23.3. The highest BCUT2D eigenvalue weighted by Gasteiger charge is 2.30. The van der Waals surface area contributed by atoms with Gasteiger partial charge in [-0.15, -0.1) is 0 Å². The molecule has 3 rings (SSSR count). The number of esters is 2. The molecule has 0 saturated carbocycles. The maximum Gasteiger partial charge on any atom is 0.343 e. The van der Waals surface area contributed by atoms with E-state index >= 15 is 0 Å². The van der Waals surface area contributed by atoms with Crippen molar-refractivity contribution >= 4 is 62.5 Å². The Kier molecular flexibility index (Phi) is 7.70. The summed E-state index contributed by atoms with van der Waals surface area (Å²) in [7, 11) is 4.24. The molecular weight excluding hydrogens is 500 g/mol. The third kappa shape index (κ3) is 5.57. The topological polar surface area (TPSA) is 94.5 Å². The minimum Gasteiger partial charge on any atom is -0.481 e. The average molecular weight is 519 g/mol. The van der Waals surface area contributed by atoms with Crippen molar-refractivity contribution in [1.82, 2.24) is 4.90 Å². The van der Waals surface area contributed by atoms with Gasteiger partial charge in [-0.2, -0.15) is 0 Å². The summed E-state index contributed by atoms with van der Waals surface area (Å²) in [6, 6.07) is 11.9. The maximum absolute atomic E-state index is 12.7. The van der Waals surface area contributed by atoms with Gasteiger partial charge in [0.1, 0.15) is 5.75 Å². The number of carbonyl (C=O) groups excluding carboxylic acids is 3. The quantitative estimate of drug-likeness (QED) is 0.420. The molecule has 1 saturated heterocycles. The summed E-state index contributed by atoms with van der Waals surface area (Å²) in [4.78, 5) is 42.1. The summed E-state index contributed by atoms with van der Waals surface area (Å²) in [5, 5.41) is 0.486. The van der Waals surface area contributed by atoms with Gasteiger partial charge in [-0.3, -0.25) is 9.69 Å². The Bertz CT molecular complexity index is 1130. The summed E-state index contributed by atoms with van der Waals surface area (Å²) in [5.74, 6) is -0.656. The molecule has 166 valence electrons. The van der Waals surface area contributed by atoms with E-state index in [9.17, 15) is 14.4 Å². The van der Waals surface area contributed by atoms with Crippen LogP contribution in [-0.4, -0.2) is 55.8 Å². The van der Waals surface area contributed by atoms with Gasteiger partial charge in [-0.05, 0) is 69.7 Å². The zero-order valence-corrected chi connectivity index (χ0v) is 19.9. The van der Waals surface area contributed by atoms with E-state index in [0.717, 1.165) is 5.56 Å². The first-order valence-electron chi connectivity index (χ1n) is 9.26. The smallest absolute Gasteiger partial charge is 0.343 e. The van der Waals surface area contributed by atoms with Crippen LogP contribution in [0.5, 0.6) is 5.75 Å². The fraction of sp³-hybridized carbons (Fsp3) is 0.182.